The molecule has 0 saturated carbocycles. The molecule has 0 atom stereocenters. The number of hydrogen-bond acceptors (Lipinski definition) is 3. The molecule has 1 fully saturated rings. The maximum atomic E-state index is 12.5. The number of amides is 2. The summed E-state index contributed by atoms with van der Waals surface area (Å²) in [5.41, 5.74) is 2.58. The smallest absolute Gasteiger partial charge is 0.268 e. The van der Waals surface area contributed by atoms with Gasteiger partial charge in [-0.1, -0.05) is 59.1 Å². The van der Waals surface area contributed by atoms with Crippen molar-refractivity contribution in [1.29, 1.82) is 0 Å². The number of rotatable bonds is 3. The Morgan fingerprint density at radius 3 is 2.29 bits per heavy atom. The second-order valence-electron chi connectivity index (χ2n) is 5.38. The van der Waals surface area contributed by atoms with Crippen LogP contribution >= 0.6 is 35.0 Å². The van der Waals surface area contributed by atoms with Gasteiger partial charge in [-0.15, -0.1) is 0 Å². The van der Waals surface area contributed by atoms with Gasteiger partial charge < -0.3 is 0 Å². The highest BCUT2D eigenvalue weighted by Gasteiger charge is 2.35. The third-order valence-electron chi connectivity index (χ3n) is 3.63. The standard InChI is InChI=1S/C18H13Cl2NO2S/c1-11-5-7-12(8-6-11)9-16-17(22)21(18(23)24-16)10-13-14(19)3-2-4-15(13)20/h2-9H,10H2,1H3/b16-9+. The zero-order valence-electron chi connectivity index (χ0n) is 12.8. The fraction of sp³-hybridized carbons (Fsp3) is 0.111. The van der Waals surface area contributed by atoms with Crippen molar-refractivity contribution in [3.63, 3.8) is 0 Å². The van der Waals surface area contributed by atoms with Crippen molar-refractivity contribution < 1.29 is 9.59 Å². The molecule has 1 aliphatic rings. The van der Waals surface area contributed by atoms with E-state index in [1.54, 1.807) is 24.3 Å². The van der Waals surface area contributed by atoms with Crippen LogP contribution in [0.15, 0.2) is 47.4 Å². The molecule has 6 heteroatoms. The van der Waals surface area contributed by atoms with Crippen LogP contribution in [-0.2, 0) is 11.3 Å². The number of aryl methyl sites for hydroxylation is 1. The van der Waals surface area contributed by atoms with E-state index in [0.717, 1.165) is 27.8 Å². The highest BCUT2D eigenvalue weighted by Crippen LogP contribution is 2.35. The molecule has 1 heterocycles. The number of thioether (sulfide) groups is 1. The highest BCUT2D eigenvalue weighted by molar-refractivity contribution is 8.18. The lowest BCUT2D eigenvalue weighted by molar-refractivity contribution is -0.123. The Kier molecular flexibility index (Phi) is 4.99. The van der Waals surface area contributed by atoms with Crippen LogP contribution in [0.3, 0.4) is 0 Å². The summed E-state index contributed by atoms with van der Waals surface area (Å²) < 4.78 is 0. The third kappa shape index (κ3) is 3.51. The molecule has 2 aromatic rings. The average molecular weight is 378 g/mol. The van der Waals surface area contributed by atoms with Gasteiger partial charge in [0.25, 0.3) is 11.1 Å². The van der Waals surface area contributed by atoms with Gasteiger partial charge in [0.1, 0.15) is 0 Å². The molecule has 2 amide bonds. The van der Waals surface area contributed by atoms with Crippen LogP contribution in [0.25, 0.3) is 6.08 Å². The average Bonchev–Trinajstić information content (AvgIpc) is 2.80. The molecule has 122 valence electrons. The van der Waals surface area contributed by atoms with Gasteiger partial charge in [-0.2, -0.15) is 0 Å². The molecule has 1 saturated heterocycles. The van der Waals surface area contributed by atoms with Crippen molar-refractivity contribution in [1.82, 2.24) is 4.90 Å². The van der Waals surface area contributed by atoms with Crippen molar-refractivity contribution in [2.24, 2.45) is 0 Å². The maximum absolute atomic E-state index is 12.5. The normalized spacial score (nSPS) is 16.3. The minimum Gasteiger partial charge on any atom is -0.268 e. The van der Waals surface area contributed by atoms with E-state index in [1.807, 2.05) is 31.2 Å². The van der Waals surface area contributed by atoms with Crippen LogP contribution in [0.1, 0.15) is 16.7 Å². The number of nitrogens with zero attached hydrogens (tertiary/aromatic N) is 1. The molecule has 3 rings (SSSR count). The highest BCUT2D eigenvalue weighted by atomic mass is 35.5. The first kappa shape index (κ1) is 17.1. The third-order valence-corrected chi connectivity index (χ3v) is 5.24. The number of carbonyl (C=O) groups excluding carboxylic acids is 2. The summed E-state index contributed by atoms with van der Waals surface area (Å²) >= 11 is 13.2. The van der Waals surface area contributed by atoms with E-state index in [4.69, 9.17) is 23.2 Å². The lowest BCUT2D eigenvalue weighted by Gasteiger charge is -2.14. The van der Waals surface area contributed by atoms with Crippen molar-refractivity contribution >= 4 is 52.2 Å². The summed E-state index contributed by atoms with van der Waals surface area (Å²) in [5.74, 6) is -0.332. The summed E-state index contributed by atoms with van der Waals surface area (Å²) in [4.78, 5) is 26.3. The number of hydrogen-bond donors (Lipinski definition) is 0. The monoisotopic (exact) mass is 377 g/mol. The zero-order chi connectivity index (χ0) is 17.3. The first-order valence-corrected chi connectivity index (χ1v) is 8.78. The van der Waals surface area contributed by atoms with E-state index >= 15 is 0 Å². The van der Waals surface area contributed by atoms with Gasteiger partial charge in [-0.3, -0.25) is 14.5 Å². The summed E-state index contributed by atoms with van der Waals surface area (Å²) in [5, 5.41) is 0.544. The van der Waals surface area contributed by atoms with E-state index in [-0.39, 0.29) is 17.7 Å². The molecular formula is C18H13Cl2NO2S. The first-order chi connectivity index (χ1) is 11.5. The van der Waals surface area contributed by atoms with Crippen molar-refractivity contribution in [2.45, 2.75) is 13.5 Å². The summed E-state index contributed by atoms with van der Waals surface area (Å²) in [6.07, 6.45) is 1.72. The summed E-state index contributed by atoms with van der Waals surface area (Å²) in [6, 6.07) is 12.8. The van der Waals surface area contributed by atoms with Gasteiger partial charge in [0.05, 0.1) is 11.4 Å². The van der Waals surface area contributed by atoms with Gasteiger partial charge in [0.15, 0.2) is 0 Å². The molecule has 0 aliphatic carbocycles. The number of imide groups is 1. The predicted octanol–water partition coefficient (Wildman–Crippen LogP) is 5.54. The van der Waals surface area contributed by atoms with Crippen molar-refractivity contribution in [3.05, 3.63) is 74.1 Å². The second kappa shape index (κ2) is 7.01. The topological polar surface area (TPSA) is 37.4 Å². The SMILES string of the molecule is Cc1ccc(/C=C2/SC(=O)N(Cc3c(Cl)cccc3Cl)C2=O)cc1. The summed E-state index contributed by atoms with van der Waals surface area (Å²) in [7, 11) is 0. The van der Waals surface area contributed by atoms with E-state index < -0.39 is 0 Å². The lowest BCUT2D eigenvalue weighted by atomic mass is 10.1. The fourth-order valence-electron chi connectivity index (χ4n) is 2.29. The number of halogens is 2. The second-order valence-corrected chi connectivity index (χ2v) is 7.19. The predicted molar refractivity (Wildman–Crippen MR) is 99.2 cm³/mol. The Balaban J connectivity index is 1.85. The van der Waals surface area contributed by atoms with Gasteiger partial charge in [0.2, 0.25) is 0 Å². The van der Waals surface area contributed by atoms with E-state index in [1.165, 1.54) is 0 Å². The lowest BCUT2D eigenvalue weighted by Crippen LogP contribution is -2.27. The van der Waals surface area contributed by atoms with Crippen LogP contribution in [-0.4, -0.2) is 16.0 Å². The Morgan fingerprint density at radius 1 is 1.04 bits per heavy atom. The molecular weight excluding hydrogens is 365 g/mol. The molecule has 0 N–H and O–H groups in total. The quantitative estimate of drug-likeness (QED) is 0.659. The van der Waals surface area contributed by atoms with Crippen molar-refractivity contribution in [3.8, 4) is 0 Å². The van der Waals surface area contributed by atoms with Gasteiger partial charge >= 0.3 is 0 Å². The van der Waals surface area contributed by atoms with Crippen molar-refractivity contribution in [2.75, 3.05) is 0 Å². The van der Waals surface area contributed by atoms with Crippen LogP contribution in [0.2, 0.25) is 10.0 Å². The molecule has 3 nitrogen and oxygen atoms in total. The van der Waals surface area contributed by atoms with Crippen LogP contribution in [0.4, 0.5) is 4.79 Å². The van der Waals surface area contributed by atoms with Crippen LogP contribution in [0.5, 0.6) is 0 Å². The van der Waals surface area contributed by atoms with Crippen LogP contribution in [0, 0.1) is 6.92 Å². The van der Waals surface area contributed by atoms with E-state index in [9.17, 15) is 9.59 Å². The molecule has 0 aromatic heterocycles. The number of benzene rings is 2. The Morgan fingerprint density at radius 2 is 1.67 bits per heavy atom. The molecule has 1 aliphatic heterocycles. The fourth-order valence-corrected chi connectivity index (χ4v) is 3.65. The molecule has 0 radical (unpaired) electrons. The van der Waals surface area contributed by atoms with Gasteiger partial charge in [-0.25, -0.2) is 0 Å². The van der Waals surface area contributed by atoms with Gasteiger partial charge in [-0.05, 0) is 42.5 Å². The Bertz CT molecular complexity index is 826. The largest absolute Gasteiger partial charge is 0.293 e. The molecule has 0 bridgehead atoms. The zero-order valence-corrected chi connectivity index (χ0v) is 15.1. The van der Waals surface area contributed by atoms with Gasteiger partial charge in [0, 0.05) is 15.6 Å². The Hall–Kier alpha value is -1.75. The first-order valence-electron chi connectivity index (χ1n) is 7.20. The molecule has 24 heavy (non-hydrogen) atoms. The Labute approximate surface area is 154 Å². The van der Waals surface area contributed by atoms with E-state index in [0.29, 0.717) is 20.5 Å². The molecule has 0 spiro atoms. The molecule has 2 aromatic carbocycles. The minimum absolute atomic E-state index is 0.0639. The van der Waals surface area contributed by atoms with E-state index in [2.05, 4.69) is 0 Å². The van der Waals surface area contributed by atoms with Crippen LogP contribution < -0.4 is 0 Å². The maximum Gasteiger partial charge on any atom is 0.293 e. The summed E-state index contributed by atoms with van der Waals surface area (Å²) in [6.45, 7) is 2.05. The molecule has 0 unspecified atom stereocenters. The number of carbonyl (C=O) groups is 2. The minimum atomic E-state index is -0.332.